The second-order valence-corrected chi connectivity index (χ2v) is 6.82. The van der Waals surface area contributed by atoms with E-state index in [2.05, 4.69) is 37.2 Å². The molecule has 0 aliphatic carbocycles. The molecule has 2 aromatic rings. The van der Waals surface area contributed by atoms with Crippen LogP contribution in [-0.2, 0) is 4.79 Å². The van der Waals surface area contributed by atoms with Crippen LogP contribution in [0, 0.1) is 10.1 Å². The highest BCUT2D eigenvalue weighted by molar-refractivity contribution is 9.12. The van der Waals surface area contributed by atoms with E-state index in [9.17, 15) is 14.9 Å². The molecule has 0 saturated heterocycles. The molecule has 0 aliphatic heterocycles. The fourth-order valence-electron chi connectivity index (χ4n) is 2.04. The van der Waals surface area contributed by atoms with Gasteiger partial charge in [0.15, 0.2) is 0 Å². The van der Waals surface area contributed by atoms with Crippen LogP contribution < -0.4 is 10.1 Å². The summed E-state index contributed by atoms with van der Waals surface area (Å²) in [4.78, 5) is 21.9. The van der Waals surface area contributed by atoms with E-state index in [4.69, 9.17) is 4.74 Å². The number of hydrogen-bond acceptors (Lipinski definition) is 4. The number of halogens is 2. The maximum atomic E-state index is 12.4. The maximum absolute atomic E-state index is 12.4. The number of methoxy groups -OCH3 is 1. The highest BCUT2D eigenvalue weighted by Gasteiger charge is 2.26. The monoisotopic (exact) mass is 456 g/mol. The van der Waals surface area contributed by atoms with E-state index >= 15 is 0 Å². The molecule has 0 aromatic heterocycles. The summed E-state index contributed by atoms with van der Waals surface area (Å²) in [5.74, 6) is -0.0732. The number of ether oxygens (including phenoxy) is 1. The number of benzene rings is 2. The van der Waals surface area contributed by atoms with Gasteiger partial charge in [0.05, 0.1) is 28.6 Å². The minimum atomic E-state index is -0.542. The SMILES string of the molecule is COc1cc([N+](=O)[O-])ccc1NC(=O)[C@H](Br)[C@@H](Br)c1ccccc1. The molecule has 6 nitrogen and oxygen atoms in total. The van der Waals surface area contributed by atoms with Crippen molar-refractivity contribution >= 4 is 49.1 Å². The number of non-ortho nitro benzene ring substituents is 1. The molecule has 2 atom stereocenters. The molecule has 0 bridgehead atoms. The summed E-state index contributed by atoms with van der Waals surface area (Å²) >= 11 is 6.88. The summed E-state index contributed by atoms with van der Waals surface area (Å²) < 4.78 is 5.12. The van der Waals surface area contributed by atoms with Crippen molar-refractivity contribution in [3.63, 3.8) is 0 Å². The third-order valence-electron chi connectivity index (χ3n) is 3.28. The maximum Gasteiger partial charge on any atom is 0.273 e. The summed E-state index contributed by atoms with van der Waals surface area (Å²) in [6, 6.07) is 13.5. The number of hydrogen-bond donors (Lipinski definition) is 1. The molecule has 2 rings (SSSR count). The van der Waals surface area contributed by atoms with Crippen LogP contribution >= 0.6 is 31.9 Å². The van der Waals surface area contributed by atoms with E-state index < -0.39 is 9.75 Å². The Bertz CT molecular complexity index is 740. The molecule has 1 amide bonds. The van der Waals surface area contributed by atoms with Crippen molar-refractivity contribution in [1.29, 1.82) is 0 Å². The fourth-order valence-corrected chi connectivity index (χ4v) is 3.00. The summed E-state index contributed by atoms with van der Waals surface area (Å²) in [5, 5.41) is 13.5. The van der Waals surface area contributed by atoms with E-state index in [1.165, 1.54) is 25.3 Å². The summed E-state index contributed by atoms with van der Waals surface area (Å²) in [5.41, 5.74) is 1.21. The molecule has 0 fully saturated rings. The summed E-state index contributed by atoms with van der Waals surface area (Å²) in [6.45, 7) is 0. The molecule has 0 aliphatic rings. The number of rotatable bonds is 6. The largest absolute Gasteiger partial charge is 0.494 e. The van der Waals surface area contributed by atoms with Gasteiger partial charge in [-0.1, -0.05) is 62.2 Å². The van der Waals surface area contributed by atoms with Crippen molar-refractivity contribution in [3.05, 3.63) is 64.2 Å². The first-order chi connectivity index (χ1) is 11.4. The third kappa shape index (κ3) is 4.33. The van der Waals surface area contributed by atoms with Crippen molar-refractivity contribution in [3.8, 4) is 5.75 Å². The third-order valence-corrected chi connectivity index (χ3v) is 5.99. The predicted octanol–water partition coefficient (Wildman–Crippen LogP) is 4.44. The Morgan fingerprint density at radius 2 is 1.88 bits per heavy atom. The second-order valence-electron chi connectivity index (χ2n) is 4.85. The van der Waals surface area contributed by atoms with Gasteiger partial charge in [-0.05, 0) is 11.6 Å². The quantitative estimate of drug-likeness (QED) is 0.395. The zero-order valence-corrected chi connectivity index (χ0v) is 15.8. The molecule has 0 unspecified atom stereocenters. The van der Waals surface area contributed by atoms with Crippen molar-refractivity contribution in [2.45, 2.75) is 9.65 Å². The molecule has 0 spiro atoms. The Balaban J connectivity index is 2.15. The molecule has 1 N–H and O–H groups in total. The molecule has 0 saturated carbocycles. The molecular weight excluding hydrogens is 444 g/mol. The van der Waals surface area contributed by atoms with Crippen LogP contribution in [0.4, 0.5) is 11.4 Å². The fraction of sp³-hybridized carbons (Fsp3) is 0.188. The van der Waals surface area contributed by atoms with Gasteiger partial charge in [-0.3, -0.25) is 14.9 Å². The van der Waals surface area contributed by atoms with Crippen molar-refractivity contribution in [1.82, 2.24) is 0 Å². The lowest BCUT2D eigenvalue weighted by Crippen LogP contribution is -2.26. The molecular formula is C16H14Br2N2O4. The molecule has 8 heteroatoms. The van der Waals surface area contributed by atoms with Crippen LogP contribution in [0.15, 0.2) is 48.5 Å². The van der Waals surface area contributed by atoms with E-state index in [1.807, 2.05) is 30.3 Å². The van der Waals surface area contributed by atoms with Crippen LogP contribution in [0.1, 0.15) is 10.4 Å². The molecule has 0 heterocycles. The Hall–Kier alpha value is -1.93. The summed E-state index contributed by atoms with van der Waals surface area (Å²) in [7, 11) is 1.39. The van der Waals surface area contributed by atoms with Gasteiger partial charge in [0.1, 0.15) is 10.6 Å². The molecule has 24 heavy (non-hydrogen) atoms. The van der Waals surface area contributed by atoms with Crippen LogP contribution in [-0.4, -0.2) is 22.8 Å². The van der Waals surface area contributed by atoms with E-state index in [1.54, 1.807) is 0 Å². The first-order valence-corrected chi connectivity index (χ1v) is 8.73. The number of carbonyl (C=O) groups excluding carboxylic acids is 1. The number of anilines is 1. The van der Waals surface area contributed by atoms with Crippen molar-refractivity contribution in [2.24, 2.45) is 0 Å². The van der Waals surface area contributed by atoms with Crippen molar-refractivity contribution < 1.29 is 14.5 Å². The Morgan fingerprint density at radius 1 is 1.21 bits per heavy atom. The minimum Gasteiger partial charge on any atom is -0.494 e. The van der Waals surface area contributed by atoms with Gasteiger partial charge in [-0.25, -0.2) is 0 Å². The Morgan fingerprint density at radius 3 is 2.46 bits per heavy atom. The number of nitrogens with zero attached hydrogens (tertiary/aromatic N) is 1. The van der Waals surface area contributed by atoms with Gasteiger partial charge in [0.25, 0.3) is 5.69 Å². The summed E-state index contributed by atoms with van der Waals surface area (Å²) in [6.07, 6.45) is 0. The average molecular weight is 458 g/mol. The zero-order chi connectivity index (χ0) is 17.7. The van der Waals surface area contributed by atoms with E-state index in [-0.39, 0.29) is 22.2 Å². The topological polar surface area (TPSA) is 81.5 Å². The van der Waals surface area contributed by atoms with Gasteiger partial charge in [-0.2, -0.15) is 0 Å². The first kappa shape index (κ1) is 18.4. The number of nitrogens with one attached hydrogen (secondary N) is 1. The van der Waals surface area contributed by atoms with E-state index in [0.29, 0.717) is 5.69 Å². The lowest BCUT2D eigenvalue weighted by atomic mass is 10.1. The molecule has 2 aromatic carbocycles. The highest BCUT2D eigenvalue weighted by atomic mass is 79.9. The van der Waals surface area contributed by atoms with Crippen LogP contribution in [0.2, 0.25) is 0 Å². The van der Waals surface area contributed by atoms with Crippen LogP contribution in [0.3, 0.4) is 0 Å². The lowest BCUT2D eigenvalue weighted by Gasteiger charge is -2.18. The second kappa shape index (κ2) is 8.25. The van der Waals surface area contributed by atoms with Crippen LogP contribution in [0.5, 0.6) is 5.75 Å². The zero-order valence-electron chi connectivity index (χ0n) is 12.6. The van der Waals surface area contributed by atoms with E-state index in [0.717, 1.165) is 5.56 Å². The number of carbonyl (C=O) groups is 1. The average Bonchev–Trinajstić information content (AvgIpc) is 2.61. The number of nitro benzene ring substituents is 1. The van der Waals surface area contributed by atoms with Crippen molar-refractivity contribution in [2.75, 3.05) is 12.4 Å². The molecule has 126 valence electrons. The van der Waals surface area contributed by atoms with Crippen LogP contribution in [0.25, 0.3) is 0 Å². The number of amides is 1. The molecule has 0 radical (unpaired) electrons. The standard InChI is InChI=1S/C16H14Br2N2O4/c1-24-13-9-11(20(22)23)7-8-12(13)19-16(21)15(18)14(17)10-5-3-2-4-6-10/h2-9,14-15H,1H3,(H,19,21)/t14-,15+/m0/s1. The predicted molar refractivity (Wildman–Crippen MR) is 99.1 cm³/mol. The smallest absolute Gasteiger partial charge is 0.273 e. The lowest BCUT2D eigenvalue weighted by molar-refractivity contribution is -0.384. The Labute approximate surface area is 155 Å². The van der Waals surface area contributed by atoms with Gasteiger partial charge < -0.3 is 10.1 Å². The van der Waals surface area contributed by atoms with Gasteiger partial charge in [0.2, 0.25) is 5.91 Å². The Kier molecular flexibility index (Phi) is 6.33. The van der Waals surface area contributed by atoms with Gasteiger partial charge >= 0.3 is 0 Å². The highest BCUT2D eigenvalue weighted by Crippen LogP contribution is 2.34. The number of nitro groups is 1. The normalized spacial score (nSPS) is 13.0. The van der Waals surface area contributed by atoms with Gasteiger partial charge in [0, 0.05) is 6.07 Å². The first-order valence-electron chi connectivity index (χ1n) is 6.90. The van der Waals surface area contributed by atoms with Gasteiger partial charge in [-0.15, -0.1) is 0 Å². The minimum absolute atomic E-state index is 0.108. The number of alkyl halides is 2.